The van der Waals surface area contributed by atoms with E-state index in [0.717, 1.165) is 0 Å². The molecule has 6 aromatic rings. The topological polar surface area (TPSA) is 17.1 Å². The molecule has 44 heavy (non-hydrogen) atoms. The van der Waals surface area contributed by atoms with Crippen molar-refractivity contribution in [1.82, 2.24) is 0 Å². The average molecular weight is 945 g/mol. The van der Waals surface area contributed by atoms with E-state index in [-0.39, 0.29) is 0 Å². The Morgan fingerprint density at radius 3 is 0.614 bits per heavy atom. The van der Waals surface area contributed by atoms with E-state index in [2.05, 4.69) is 182 Å². The number of hydrogen-bond donors (Lipinski definition) is 0. The van der Waals surface area contributed by atoms with Gasteiger partial charge in [0.1, 0.15) is 0 Å². The van der Waals surface area contributed by atoms with Gasteiger partial charge in [-0.3, -0.25) is 0 Å². The molecular weight excluding hydrogens is 913 g/mol. The number of carbonyl (C=O) groups excluding carboxylic acids is 1. The molecule has 0 saturated heterocycles. The maximum atomic E-state index is 16.5. The zero-order chi connectivity index (χ0) is 30.8. The Labute approximate surface area is 285 Å². The summed E-state index contributed by atoms with van der Waals surface area (Å²) in [5, 5.41) is 0. The van der Waals surface area contributed by atoms with Crippen LogP contribution < -0.4 is 21.1 Å². The molecule has 6 aromatic carbocycles. The van der Waals surface area contributed by atoms with Crippen LogP contribution in [0.5, 0.6) is 0 Å². The van der Waals surface area contributed by atoms with E-state index in [1.165, 1.54) is 21.1 Å². The number of benzene rings is 6. The summed E-state index contributed by atoms with van der Waals surface area (Å²) < 4.78 is 7.68. The zero-order valence-corrected chi connectivity index (χ0v) is 33.3. The molecule has 0 aliphatic heterocycles. The summed E-state index contributed by atoms with van der Waals surface area (Å²) in [6, 6.07) is 64.1. The summed E-state index contributed by atoms with van der Waals surface area (Å²) in [4.78, 5) is 16.5. The van der Waals surface area contributed by atoms with Crippen molar-refractivity contribution in [3.63, 3.8) is 0 Å². The van der Waals surface area contributed by atoms with Gasteiger partial charge in [0.2, 0.25) is 0 Å². The molecule has 1 nitrogen and oxygen atoms in total. The second-order valence-corrected chi connectivity index (χ2v) is 42.7. The van der Waals surface area contributed by atoms with Gasteiger partial charge >= 0.3 is 289 Å². The molecule has 0 spiro atoms. The first-order chi connectivity index (χ1) is 21.5. The number of rotatable bonds is 8. The summed E-state index contributed by atoms with van der Waals surface area (Å²) in [7, 11) is 14.8. The van der Waals surface area contributed by atoms with Crippen LogP contribution in [0.2, 0.25) is 0 Å². The molecule has 0 heterocycles. The van der Waals surface area contributed by atoms with E-state index < -0.39 is 50.6 Å². The molecule has 0 fully saturated rings. The summed E-state index contributed by atoms with van der Waals surface area (Å²) in [6.45, 7) is 0. The minimum absolute atomic E-state index is 0.496. The molecule has 7 heteroatoms. The molecule has 0 aliphatic carbocycles. The van der Waals surface area contributed by atoms with Crippen molar-refractivity contribution < 1.29 is 17.8 Å². The second-order valence-electron chi connectivity index (χ2n) is 10.2. The number of hydrogen-bond acceptors (Lipinski definition) is 1. The molecule has 0 radical (unpaired) electrons. The van der Waals surface area contributed by atoms with Crippen LogP contribution >= 0.6 is 29.1 Å². The van der Waals surface area contributed by atoms with Crippen molar-refractivity contribution in [2.75, 3.05) is 0 Å². The van der Waals surface area contributed by atoms with Gasteiger partial charge in [0.05, 0.1) is 0 Å². The summed E-state index contributed by atoms with van der Waals surface area (Å²) in [5.74, 6) is 0. The Balaban J connectivity index is 0.000000906. The normalized spacial score (nSPS) is 12.3. The molecular formula is C37H32Cl3ORhSb2. The van der Waals surface area contributed by atoms with Gasteiger partial charge in [0.25, 0.3) is 0 Å². The standard InChI is InChI=1S/6C6H5.CO.3ClH.Rh.2Sb.2H/c6*1-2-4-6-5-3-1;1-2;;;;;;;;/h6*1-5H;;3*1H;;;;;/q;;;;;;;;;;+3;;;;/p-3. The summed E-state index contributed by atoms with van der Waals surface area (Å²) in [5.41, 5.74) is 0. The molecule has 0 bridgehead atoms. The van der Waals surface area contributed by atoms with Crippen LogP contribution in [0.15, 0.2) is 182 Å². The van der Waals surface area contributed by atoms with Crippen LogP contribution in [-0.4, -0.2) is 39.3 Å². The van der Waals surface area contributed by atoms with Crippen LogP contribution in [0, 0.1) is 0 Å². The van der Waals surface area contributed by atoms with Gasteiger partial charge < -0.3 is 0 Å². The fourth-order valence-electron chi connectivity index (χ4n) is 6.20. The first kappa shape index (κ1) is 33.5. The van der Waals surface area contributed by atoms with Crippen LogP contribution in [0.4, 0.5) is 4.79 Å². The monoisotopic (exact) mass is 942 g/mol. The van der Waals surface area contributed by atoms with Gasteiger partial charge in [-0.05, 0) is 0 Å². The summed E-state index contributed by atoms with van der Waals surface area (Å²) in [6.07, 6.45) is 0. The van der Waals surface area contributed by atoms with Crippen LogP contribution in [0.25, 0.3) is 0 Å². The number of halogens is 3. The zero-order valence-electron chi connectivity index (χ0n) is 23.7. The minimum atomic E-state index is -4.41. The van der Waals surface area contributed by atoms with Crippen molar-refractivity contribution in [3.05, 3.63) is 182 Å². The third-order valence-electron chi connectivity index (χ3n) is 7.92. The van der Waals surface area contributed by atoms with Crippen molar-refractivity contribution in [3.8, 4) is 0 Å². The predicted octanol–water partition coefficient (Wildman–Crippen LogP) is 6.14. The number of carbonyl (C=O) groups is 1. The van der Waals surface area contributed by atoms with Gasteiger partial charge in [-0.15, -0.1) is 0 Å². The molecule has 0 amide bonds. The Kier molecular flexibility index (Phi) is 12.3. The van der Waals surface area contributed by atoms with Gasteiger partial charge in [0.15, 0.2) is 0 Å². The van der Waals surface area contributed by atoms with E-state index in [4.69, 9.17) is 29.1 Å². The van der Waals surface area contributed by atoms with Gasteiger partial charge in [-0.2, -0.15) is 0 Å². The molecule has 0 unspecified atom stereocenters. The van der Waals surface area contributed by atoms with Crippen molar-refractivity contribution in [1.29, 1.82) is 0 Å². The molecule has 6 rings (SSSR count). The molecule has 0 aliphatic rings. The van der Waals surface area contributed by atoms with E-state index in [1.807, 2.05) is 0 Å². The van der Waals surface area contributed by atoms with Crippen molar-refractivity contribution >= 4 is 89.4 Å². The Bertz CT molecular complexity index is 1420. The molecule has 0 N–H and O–H groups in total. The first-order valence-corrected chi connectivity index (χ1v) is 31.8. The van der Waals surface area contributed by atoms with E-state index in [1.54, 1.807) is 0 Å². The SMILES string of the molecule is O=[C]([SbH]([c]1ccccc1)([c]1ccccc1)[c]1ccccc1)[SbH]([c]1ccccc1)([c]1ccccc1)[c]1ccccc1.[Cl][Rh]([Cl])[Cl]. The molecule has 0 aromatic heterocycles. The van der Waals surface area contributed by atoms with E-state index in [9.17, 15) is 0 Å². The third-order valence-corrected chi connectivity index (χ3v) is 46.7. The Hall–Kier alpha value is -1.88. The Morgan fingerprint density at radius 2 is 0.477 bits per heavy atom. The molecule has 226 valence electrons. The van der Waals surface area contributed by atoms with Gasteiger partial charge in [0, 0.05) is 0 Å². The summed E-state index contributed by atoms with van der Waals surface area (Å²) >= 11 is -10.5. The predicted molar refractivity (Wildman–Crippen MR) is 194 cm³/mol. The van der Waals surface area contributed by atoms with E-state index >= 15 is 4.79 Å². The fourth-order valence-corrected chi connectivity index (χ4v) is 57.2. The van der Waals surface area contributed by atoms with Gasteiger partial charge in [-0.25, -0.2) is 0 Å². The Morgan fingerprint density at radius 1 is 0.341 bits per heavy atom. The van der Waals surface area contributed by atoms with Crippen molar-refractivity contribution in [2.45, 2.75) is 0 Å². The van der Waals surface area contributed by atoms with E-state index in [0.29, 0.717) is 1.68 Å². The van der Waals surface area contributed by atoms with Gasteiger partial charge in [-0.1, -0.05) is 0 Å². The average Bonchev–Trinajstić information content (AvgIpc) is 3.08. The molecule has 0 saturated carbocycles. The molecule has 0 atom stereocenters. The maximum absolute atomic E-state index is 16.5. The van der Waals surface area contributed by atoms with Crippen molar-refractivity contribution in [2.24, 2.45) is 0 Å². The third kappa shape index (κ3) is 6.93. The second kappa shape index (κ2) is 16.1. The van der Waals surface area contributed by atoms with Crippen LogP contribution in [0.3, 0.4) is 0 Å². The quantitative estimate of drug-likeness (QED) is 0.168. The fraction of sp³-hybridized carbons (Fsp3) is 0. The van der Waals surface area contributed by atoms with Crippen LogP contribution in [0.1, 0.15) is 0 Å². The van der Waals surface area contributed by atoms with Crippen LogP contribution in [-0.2, 0) is 13.0 Å². The first-order valence-electron chi connectivity index (χ1n) is 14.0.